The molecule has 1 N–H and O–H groups in total. The van der Waals surface area contributed by atoms with Gasteiger partial charge in [-0.05, 0) is 49.3 Å². The van der Waals surface area contributed by atoms with E-state index in [1.165, 1.54) is 19.3 Å². The zero-order chi connectivity index (χ0) is 13.9. The maximum absolute atomic E-state index is 9.77. The Hall–Kier alpha value is -1.29. The van der Waals surface area contributed by atoms with Crippen molar-refractivity contribution < 1.29 is 5.11 Å². The van der Waals surface area contributed by atoms with E-state index in [0.717, 1.165) is 34.9 Å². The standard InChI is InChI=1S/C16H19BrN2O/c17-8-2-10-19(13-3-1-4-13)16-15-11-14(20)6-5-12(15)7-9-18-16/h5-7,9,11,13,20H,1-4,8,10H2. The molecule has 0 saturated heterocycles. The number of phenols is 1. The van der Waals surface area contributed by atoms with Gasteiger partial charge in [-0.25, -0.2) is 4.98 Å². The second kappa shape index (κ2) is 6.00. The first-order valence-electron chi connectivity index (χ1n) is 7.20. The van der Waals surface area contributed by atoms with Crippen LogP contribution in [0.5, 0.6) is 5.75 Å². The molecule has 0 amide bonds. The van der Waals surface area contributed by atoms with E-state index in [0.29, 0.717) is 11.8 Å². The number of nitrogens with zero attached hydrogens (tertiary/aromatic N) is 2. The lowest BCUT2D eigenvalue weighted by molar-refractivity contribution is 0.385. The SMILES string of the molecule is Oc1ccc2ccnc(N(CCCBr)C3CCC3)c2c1. The highest BCUT2D eigenvalue weighted by molar-refractivity contribution is 9.09. The molecule has 106 valence electrons. The van der Waals surface area contributed by atoms with Crippen molar-refractivity contribution >= 4 is 32.5 Å². The van der Waals surface area contributed by atoms with Gasteiger partial charge >= 0.3 is 0 Å². The lowest BCUT2D eigenvalue weighted by Crippen LogP contribution is -2.41. The monoisotopic (exact) mass is 334 g/mol. The molecule has 0 unspecified atom stereocenters. The van der Waals surface area contributed by atoms with Crippen LogP contribution in [0.2, 0.25) is 0 Å². The van der Waals surface area contributed by atoms with Gasteiger partial charge < -0.3 is 10.0 Å². The average Bonchev–Trinajstić information content (AvgIpc) is 2.40. The van der Waals surface area contributed by atoms with Crippen molar-refractivity contribution in [3.05, 3.63) is 30.5 Å². The lowest BCUT2D eigenvalue weighted by atomic mass is 9.91. The molecule has 0 spiro atoms. The maximum Gasteiger partial charge on any atom is 0.136 e. The molecule has 1 fully saturated rings. The third-order valence-corrected chi connectivity index (χ3v) is 4.61. The van der Waals surface area contributed by atoms with E-state index in [1.54, 1.807) is 6.07 Å². The minimum atomic E-state index is 0.306. The number of benzene rings is 1. The number of hydrogen-bond acceptors (Lipinski definition) is 3. The van der Waals surface area contributed by atoms with Crippen LogP contribution in [0.25, 0.3) is 10.8 Å². The van der Waals surface area contributed by atoms with Gasteiger partial charge in [-0.15, -0.1) is 0 Å². The highest BCUT2D eigenvalue weighted by atomic mass is 79.9. The fraction of sp³-hybridized carbons (Fsp3) is 0.438. The van der Waals surface area contributed by atoms with Crippen molar-refractivity contribution in [1.82, 2.24) is 4.98 Å². The maximum atomic E-state index is 9.77. The third-order valence-electron chi connectivity index (χ3n) is 4.05. The summed E-state index contributed by atoms with van der Waals surface area (Å²) in [5, 5.41) is 13.0. The average molecular weight is 335 g/mol. The van der Waals surface area contributed by atoms with Gasteiger partial charge in [-0.1, -0.05) is 22.0 Å². The van der Waals surface area contributed by atoms with Gasteiger partial charge in [0.25, 0.3) is 0 Å². The second-order valence-corrected chi connectivity index (χ2v) is 6.15. The molecule has 1 aliphatic rings. The van der Waals surface area contributed by atoms with E-state index in [2.05, 4.69) is 25.8 Å². The molecular formula is C16H19BrN2O. The van der Waals surface area contributed by atoms with Crippen LogP contribution in [-0.2, 0) is 0 Å². The van der Waals surface area contributed by atoms with E-state index < -0.39 is 0 Å². The normalized spacial score (nSPS) is 15.2. The predicted octanol–water partition coefficient (Wildman–Crippen LogP) is 4.08. The van der Waals surface area contributed by atoms with E-state index >= 15 is 0 Å². The molecule has 3 rings (SSSR count). The van der Waals surface area contributed by atoms with Gasteiger partial charge in [0.05, 0.1) is 0 Å². The van der Waals surface area contributed by atoms with E-state index in [1.807, 2.05) is 24.4 Å². The molecule has 20 heavy (non-hydrogen) atoms. The van der Waals surface area contributed by atoms with Gasteiger partial charge in [0.1, 0.15) is 11.6 Å². The summed E-state index contributed by atoms with van der Waals surface area (Å²) in [7, 11) is 0. The molecule has 0 bridgehead atoms. The van der Waals surface area contributed by atoms with E-state index in [4.69, 9.17) is 0 Å². The highest BCUT2D eigenvalue weighted by Crippen LogP contribution is 2.34. The second-order valence-electron chi connectivity index (χ2n) is 5.36. The molecule has 4 heteroatoms. The first-order valence-corrected chi connectivity index (χ1v) is 8.32. The van der Waals surface area contributed by atoms with Gasteiger partial charge in [0, 0.05) is 29.5 Å². The number of anilines is 1. The Bertz CT molecular complexity index is 598. The Balaban J connectivity index is 2.02. The van der Waals surface area contributed by atoms with E-state index in [-0.39, 0.29) is 0 Å². The number of rotatable bonds is 5. The Morgan fingerprint density at radius 3 is 2.85 bits per heavy atom. The summed E-state index contributed by atoms with van der Waals surface area (Å²) < 4.78 is 0. The molecule has 0 aliphatic heterocycles. The van der Waals surface area contributed by atoms with Crippen molar-refractivity contribution in [1.29, 1.82) is 0 Å². The number of fused-ring (bicyclic) bond motifs is 1. The smallest absolute Gasteiger partial charge is 0.136 e. The quantitative estimate of drug-likeness (QED) is 0.837. The van der Waals surface area contributed by atoms with Crippen LogP contribution in [0.1, 0.15) is 25.7 Å². The third kappa shape index (κ3) is 2.62. The van der Waals surface area contributed by atoms with Crippen molar-refractivity contribution in [3.8, 4) is 5.75 Å². The number of alkyl halides is 1. The summed E-state index contributed by atoms with van der Waals surface area (Å²) in [6, 6.07) is 8.13. The molecule has 1 aliphatic carbocycles. The molecule has 3 nitrogen and oxygen atoms in total. The molecule has 1 aromatic heterocycles. The van der Waals surface area contributed by atoms with Crippen molar-refractivity contribution in [3.63, 3.8) is 0 Å². The molecule has 1 aromatic carbocycles. The molecular weight excluding hydrogens is 316 g/mol. The summed E-state index contributed by atoms with van der Waals surface area (Å²) >= 11 is 3.51. The van der Waals surface area contributed by atoms with Crippen molar-refractivity contribution in [2.75, 3.05) is 16.8 Å². The molecule has 2 aromatic rings. The first kappa shape index (κ1) is 13.7. The Labute approximate surface area is 127 Å². The lowest BCUT2D eigenvalue weighted by Gasteiger charge is -2.39. The minimum absolute atomic E-state index is 0.306. The number of aromatic nitrogens is 1. The van der Waals surface area contributed by atoms with Crippen LogP contribution in [0.15, 0.2) is 30.5 Å². The van der Waals surface area contributed by atoms with Gasteiger partial charge in [-0.3, -0.25) is 0 Å². The van der Waals surface area contributed by atoms with Crippen molar-refractivity contribution in [2.24, 2.45) is 0 Å². The topological polar surface area (TPSA) is 36.4 Å². The Kier molecular flexibility index (Phi) is 4.10. The number of pyridine rings is 1. The number of hydrogen-bond donors (Lipinski definition) is 1. The van der Waals surface area contributed by atoms with Crippen LogP contribution < -0.4 is 4.90 Å². The fourth-order valence-electron chi connectivity index (χ4n) is 2.76. The summed E-state index contributed by atoms with van der Waals surface area (Å²) in [6.45, 7) is 1.01. The number of aromatic hydroxyl groups is 1. The molecule has 1 heterocycles. The fourth-order valence-corrected chi connectivity index (χ4v) is 3.01. The number of phenolic OH excluding ortho intramolecular Hbond substituents is 1. The summed E-state index contributed by atoms with van der Waals surface area (Å²) in [6.07, 6.45) is 6.78. The van der Waals surface area contributed by atoms with Crippen LogP contribution in [-0.4, -0.2) is 28.0 Å². The van der Waals surface area contributed by atoms with Gasteiger partial charge in [0.15, 0.2) is 0 Å². The Morgan fingerprint density at radius 2 is 2.15 bits per heavy atom. The van der Waals surface area contributed by atoms with Crippen LogP contribution in [0, 0.1) is 0 Å². The Morgan fingerprint density at radius 1 is 1.30 bits per heavy atom. The molecule has 0 atom stereocenters. The van der Waals surface area contributed by atoms with Crippen LogP contribution >= 0.6 is 15.9 Å². The van der Waals surface area contributed by atoms with Crippen LogP contribution in [0.3, 0.4) is 0 Å². The zero-order valence-electron chi connectivity index (χ0n) is 11.4. The van der Waals surface area contributed by atoms with Gasteiger partial charge in [-0.2, -0.15) is 0 Å². The van der Waals surface area contributed by atoms with Crippen molar-refractivity contribution in [2.45, 2.75) is 31.7 Å². The summed E-state index contributed by atoms with van der Waals surface area (Å²) in [5.41, 5.74) is 0. The molecule has 1 saturated carbocycles. The summed E-state index contributed by atoms with van der Waals surface area (Å²) in [4.78, 5) is 7.03. The van der Waals surface area contributed by atoms with Gasteiger partial charge in [0.2, 0.25) is 0 Å². The predicted molar refractivity (Wildman–Crippen MR) is 86.8 cm³/mol. The first-order chi connectivity index (χ1) is 9.79. The summed E-state index contributed by atoms with van der Waals surface area (Å²) in [5.74, 6) is 1.32. The van der Waals surface area contributed by atoms with Crippen LogP contribution in [0.4, 0.5) is 5.82 Å². The highest BCUT2D eigenvalue weighted by Gasteiger charge is 2.26. The zero-order valence-corrected chi connectivity index (χ0v) is 13.0. The minimum Gasteiger partial charge on any atom is -0.508 e. The van der Waals surface area contributed by atoms with E-state index in [9.17, 15) is 5.11 Å². The number of halogens is 1. The largest absolute Gasteiger partial charge is 0.508 e. The molecule has 0 radical (unpaired) electrons.